The van der Waals surface area contributed by atoms with Crippen LogP contribution in [0.25, 0.3) is 0 Å². The lowest BCUT2D eigenvalue weighted by molar-refractivity contribution is 0.0142. The molecule has 90 valence electrons. The van der Waals surface area contributed by atoms with Gasteiger partial charge in [-0.05, 0) is 26.0 Å². The van der Waals surface area contributed by atoms with Gasteiger partial charge in [0.15, 0.2) is 0 Å². The van der Waals surface area contributed by atoms with E-state index >= 15 is 0 Å². The predicted octanol–water partition coefficient (Wildman–Crippen LogP) is 1.16. The lowest BCUT2D eigenvalue weighted by Crippen LogP contribution is -2.38. The van der Waals surface area contributed by atoms with Crippen LogP contribution in [0.4, 0.5) is 0 Å². The minimum absolute atomic E-state index is 0.455. The number of aryl methyl sites for hydroxylation is 1. The average molecular weight is 223 g/mol. The standard InChI is InChI=1S/C12H21N3O/c1-14(9-11-5-8-15(2)13-11)10-12(16)6-3-4-7-12/h5,8,16H,3-4,6-7,9-10H2,1-2H3. The Morgan fingerprint density at radius 1 is 1.50 bits per heavy atom. The van der Waals surface area contributed by atoms with Crippen molar-refractivity contribution in [2.75, 3.05) is 13.6 Å². The molecule has 0 amide bonds. The average Bonchev–Trinajstić information content (AvgIpc) is 2.75. The molecule has 16 heavy (non-hydrogen) atoms. The maximum atomic E-state index is 10.3. The van der Waals surface area contributed by atoms with Crippen LogP contribution in [0.1, 0.15) is 31.4 Å². The van der Waals surface area contributed by atoms with Crippen LogP contribution in [-0.4, -0.2) is 39.0 Å². The van der Waals surface area contributed by atoms with Gasteiger partial charge in [-0.1, -0.05) is 12.8 Å². The van der Waals surface area contributed by atoms with Gasteiger partial charge in [-0.3, -0.25) is 9.58 Å². The summed E-state index contributed by atoms with van der Waals surface area (Å²) in [5, 5.41) is 14.6. The van der Waals surface area contributed by atoms with Gasteiger partial charge in [0, 0.05) is 26.3 Å². The van der Waals surface area contributed by atoms with Crippen LogP contribution < -0.4 is 0 Å². The summed E-state index contributed by atoms with van der Waals surface area (Å²) in [6.45, 7) is 1.56. The normalized spacial score (nSPS) is 19.5. The van der Waals surface area contributed by atoms with E-state index in [-0.39, 0.29) is 0 Å². The summed E-state index contributed by atoms with van der Waals surface area (Å²) in [4.78, 5) is 2.16. The van der Waals surface area contributed by atoms with Crippen LogP contribution in [0.15, 0.2) is 12.3 Å². The predicted molar refractivity (Wildman–Crippen MR) is 63.0 cm³/mol. The molecular weight excluding hydrogens is 202 g/mol. The molecule has 1 saturated carbocycles. The molecule has 1 aliphatic carbocycles. The van der Waals surface area contributed by atoms with Crippen molar-refractivity contribution in [3.63, 3.8) is 0 Å². The molecule has 0 spiro atoms. The first-order valence-electron chi connectivity index (χ1n) is 5.97. The van der Waals surface area contributed by atoms with Gasteiger partial charge < -0.3 is 5.11 Å². The maximum absolute atomic E-state index is 10.3. The van der Waals surface area contributed by atoms with E-state index in [4.69, 9.17) is 0 Å². The quantitative estimate of drug-likeness (QED) is 0.832. The molecule has 4 heteroatoms. The zero-order valence-electron chi connectivity index (χ0n) is 10.2. The van der Waals surface area contributed by atoms with E-state index in [9.17, 15) is 5.11 Å². The van der Waals surface area contributed by atoms with Crippen molar-refractivity contribution in [3.8, 4) is 0 Å². The number of hydrogen-bond acceptors (Lipinski definition) is 3. The number of rotatable bonds is 4. The summed E-state index contributed by atoms with van der Waals surface area (Å²) in [5.41, 5.74) is 0.607. The minimum atomic E-state index is -0.455. The first-order valence-corrected chi connectivity index (χ1v) is 5.97. The molecule has 1 aliphatic rings. The summed E-state index contributed by atoms with van der Waals surface area (Å²) >= 11 is 0. The van der Waals surface area contributed by atoms with E-state index in [0.717, 1.165) is 44.5 Å². The van der Waals surface area contributed by atoms with Crippen molar-refractivity contribution < 1.29 is 5.11 Å². The van der Waals surface area contributed by atoms with Gasteiger partial charge in [0.1, 0.15) is 0 Å². The Hall–Kier alpha value is -0.870. The molecule has 2 rings (SSSR count). The number of aliphatic hydroxyl groups is 1. The monoisotopic (exact) mass is 223 g/mol. The Labute approximate surface area is 96.9 Å². The van der Waals surface area contributed by atoms with Gasteiger partial charge in [-0.15, -0.1) is 0 Å². The minimum Gasteiger partial charge on any atom is -0.389 e. The third-order valence-electron chi connectivity index (χ3n) is 3.30. The fourth-order valence-corrected chi connectivity index (χ4v) is 2.57. The number of likely N-dealkylation sites (N-methyl/N-ethyl adjacent to an activating group) is 1. The van der Waals surface area contributed by atoms with Gasteiger partial charge in [-0.2, -0.15) is 5.10 Å². The fourth-order valence-electron chi connectivity index (χ4n) is 2.57. The van der Waals surface area contributed by atoms with Gasteiger partial charge >= 0.3 is 0 Å². The van der Waals surface area contributed by atoms with Crippen LogP contribution in [0.2, 0.25) is 0 Å². The Balaban J connectivity index is 1.86. The smallest absolute Gasteiger partial charge is 0.0774 e. The fraction of sp³-hybridized carbons (Fsp3) is 0.750. The Bertz CT molecular complexity index is 342. The van der Waals surface area contributed by atoms with Gasteiger partial charge in [0.2, 0.25) is 0 Å². The molecule has 0 radical (unpaired) electrons. The second-order valence-electron chi connectivity index (χ2n) is 5.08. The Morgan fingerprint density at radius 3 is 2.75 bits per heavy atom. The molecule has 0 bridgehead atoms. The second kappa shape index (κ2) is 4.55. The van der Waals surface area contributed by atoms with Gasteiger partial charge in [0.25, 0.3) is 0 Å². The third-order valence-corrected chi connectivity index (χ3v) is 3.30. The topological polar surface area (TPSA) is 41.3 Å². The SMILES string of the molecule is CN(Cc1ccn(C)n1)CC1(O)CCCC1. The number of nitrogens with zero attached hydrogens (tertiary/aromatic N) is 3. The zero-order valence-corrected chi connectivity index (χ0v) is 10.2. The van der Waals surface area contributed by atoms with Crippen LogP contribution in [0.5, 0.6) is 0 Å². The molecule has 0 unspecified atom stereocenters. The molecule has 4 nitrogen and oxygen atoms in total. The highest BCUT2D eigenvalue weighted by Crippen LogP contribution is 2.30. The summed E-state index contributed by atoms with van der Waals surface area (Å²) < 4.78 is 1.81. The van der Waals surface area contributed by atoms with Crippen LogP contribution >= 0.6 is 0 Å². The molecule has 1 fully saturated rings. The highest BCUT2D eigenvalue weighted by Gasteiger charge is 2.32. The highest BCUT2D eigenvalue weighted by molar-refractivity contribution is 4.99. The van der Waals surface area contributed by atoms with E-state index < -0.39 is 5.60 Å². The molecule has 1 aromatic rings. The summed E-state index contributed by atoms with van der Waals surface area (Å²) in [7, 11) is 3.97. The van der Waals surface area contributed by atoms with Gasteiger partial charge in [0.05, 0.1) is 11.3 Å². The number of hydrogen-bond donors (Lipinski definition) is 1. The largest absolute Gasteiger partial charge is 0.389 e. The van der Waals surface area contributed by atoms with E-state index in [1.165, 1.54) is 0 Å². The lowest BCUT2D eigenvalue weighted by Gasteiger charge is -2.28. The summed E-state index contributed by atoms with van der Waals surface area (Å²) in [6, 6.07) is 2.02. The molecular formula is C12H21N3O. The first kappa shape index (κ1) is 11.6. The summed E-state index contributed by atoms with van der Waals surface area (Å²) in [6.07, 6.45) is 6.16. The molecule has 0 saturated heterocycles. The lowest BCUT2D eigenvalue weighted by atomic mass is 10.0. The second-order valence-corrected chi connectivity index (χ2v) is 5.08. The maximum Gasteiger partial charge on any atom is 0.0774 e. The highest BCUT2D eigenvalue weighted by atomic mass is 16.3. The van der Waals surface area contributed by atoms with Crippen molar-refractivity contribution >= 4 is 0 Å². The van der Waals surface area contributed by atoms with E-state index in [0.29, 0.717) is 0 Å². The Morgan fingerprint density at radius 2 is 2.19 bits per heavy atom. The van der Waals surface area contributed by atoms with Crippen LogP contribution in [-0.2, 0) is 13.6 Å². The Kier molecular flexibility index (Phi) is 3.30. The van der Waals surface area contributed by atoms with Crippen molar-refractivity contribution in [2.45, 2.75) is 37.8 Å². The molecule has 1 aromatic heterocycles. The van der Waals surface area contributed by atoms with Crippen LogP contribution in [0.3, 0.4) is 0 Å². The molecule has 1 N–H and O–H groups in total. The van der Waals surface area contributed by atoms with E-state index in [1.54, 1.807) is 0 Å². The first-order chi connectivity index (χ1) is 7.57. The number of aromatic nitrogens is 2. The van der Waals surface area contributed by atoms with E-state index in [1.807, 2.05) is 31.0 Å². The zero-order chi connectivity index (χ0) is 11.6. The molecule has 0 aliphatic heterocycles. The van der Waals surface area contributed by atoms with Crippen molar-refractivity contribution in [2.24, 2.45) is 7.05 Å². The molecule has 1 heterocycles. The van der Waals surface area contributed by atoms with Crippen molar-refractivity contribution in [1.29, 1.82) is 0 Å². The van der Waals surface area contributed by atoms with Crippen LogP contribution in [0, 0.1) is 0 Å². The third kappa shape index (κ3) is 2.83. The van der Waals surface area contributed by atoms with E-state index in [2.05, 4.69) is 10.00 Å². The molecule has 0 aromatic carbocycles. The van der Waals surface area contributed by atoms with Crippen molar-refractivity contribution in [3.05, 3.63) is 18.0 Å². The summed E-state index contributed by atoms with van der Waals surface area (Å²) in [5.74, 6) is 0. The van der Waals surface area contributed by atoms with Crippen molar-refractivity contribution in [1.82, 2.24) is 14.7 Å². The van der Waals surface area contributed by atoms with Gasteiger partial charge in [-0.25, -0.2) is 0 Å². The molecule has 0 atom stereocenters.